The van der Waals surface area contributed by atoms with Crippen molar-refractivity contribution in [3.63, 3.8) is 0 Å². The Balaban J connectivity index is 0.00000320. The van der Waals surface area contributed by atoms with Crippen molar-refractivity contribution < 1.29 is 9.47 Å². The van der Waals surface area contributed by atoms with E-state index < -0.39 is 0 Å². The first kappa shape index (κ1) is 24.7. The lowest BCUT2D eigenvalue weighted by molar-refractivity contribution is -0.0284. The van der Waals surface area contributed by atoms with Gasteiger partial charge in [-0.3, -0.25) is 9.89 Å². The van der Waals surface area contributed by atoms with Crippen molar-refractivity contribution in [1.82, 2.24) is 15.5 Å². The third-order valence-electron chi connectivity index (χ3n) is 5.14. The summed E-state index contributed by atoms with van der Waals surface area (Å²) in [5.74, 6) is 2.36. The molecule has 30 heavy (non-hydrogen) atoms. The van der Waals surface area contributed by atoms with Crippen molar-refractivity contribution in [1.29, 1.82) is 0 Å². The van der Waals surface area contributed by atoms with Crippen molar-refractivity contribution >= 4 is 40.7 Å². The average Bonchev–Trinajstić information content (AvgIpc) is 2.73. The lowest BCUT2D eigenvalue weighted by Crippen LogP contribution is -2.50. The average molecular weight is 526 g/mol. The minimum Gasteiger partial charge on any atom is -0.497 e. The molecule has 2 aromatic carbocycles. The van der Waals surface area contributed by atoms with Gasteiger partial charge < -0.3 is 20.1 Å². The number of rotatable bonds is 7. The van der Waals surface area contributed by atoms with E-state index in [4.69, 9.17) is 9.47 Å². The van der Waals surface area contributed by atoms with Crippen LogP contribution in [0.4, 0.5) is 0 Å². The van der Waals surface area contributed by atoms with Crippen molar-refractivity contribution in [2.24, 2.45) is 10.9 Å². The molecule has 7 heteroatoms. The van der Waals surface area contributed by atoms with Crippen LogP contribution in [0.1, 0.15) is 19.4 Å². The van der Waals surface area contributed by atoms with Crippen LogP contribution < -0.4 is 15.4 Å². The number of benzene rings is 2. The predicted molar refractivity (Wildman–Crippen MR) is 135 cm³/mol. The van der Waals surface area contributed by atoms with E-state index in [0.717, 1.165) is 44.5 Å². The van der Waals surface area contributed by atoms with Gasteiger partial charge in [0.2, 0.25) is 0 Å². The van der Waals surface area contributed by atoms with Gasteiger partial charge in [0, 0.05) is 39.8 Å². The lowest BCUT2D eigenvalue weighted by Gasteiger charge is -2.34. The molecule has 1 unspecified atom stereocenters. The fourth-order valence-electron chi connectivity index (χ4n) is 3.71. The largest absolute Gasteiger partial charge is 0.497 e. The number of methoxy groups -OCH3 is 1. The monoisotopic (exact) mass is 526 g/mol. The van der Waals surface area contributed by atoms with Crippen LogP contribution in [0.2, 0.25) is 0 Å². The van der Waals surface area contributed by atoms with E-state index in [2.05, 4.69) is 64.7 Å². The fraction of sp³-hybridized carbons (Fsp3) is 0.522. The van der Waals surface area contributed by atoms with Crippen LogP contribution in [0.25, 0.3) is 10.8 Å². The normalized spacial score (nSPS) is 17.6. The first-order chi connectivity index (χ1) is 14.1. The summed E-state index contributed by atoms with van der Waals surface area (Å²) >= 11 is 0. The van der Waals surface area contributed by atoms with E-state index >= 15 is 0 Å². The molecule has 0 radical (unpaired) electrons. The topological polar surface area (TPSA) is 58.1 Å². The van der Waals surface area contributed by atoms with Gasteiger partial charge in [-0.1, -0.05) is 32.0 Å². The standard InChI is InChI=1S/C23H34N4O2.HI/c1-17(2)15-27-9-10-29-22(16-27)14-26-23(24-3)25-13-18-5-6-20-12-21(28-4)8-7-19(20)11-18;/h5-8,11-12,17,22H,9-10,13-16H2,1-4H3,(H2,24,25,26);1H. The van der Waals surface area contributed by atoms with Gasteiger partial charge >= 0.3 is 0 Å². The molecule has 0 amide bonds. The number of nitrogens with one attached hydrogen (secondary N) is 2. The molecular formula is C23H35IN4O2. The number of hydrogen-bond donors (Lipinski definition) is 2. The smallest absolute Gasteiger partial charge is 0.191 e. The summed E-state index contributed by atoms with van der Waals surface area (Å²) in [6.07, 6.45) is 0.191. The zero-order chi connectivity index (χ0) is 20.6. The van der Waals surface area contributed by atoms with Crippen molar-refractivity contribution in [3.8, 4) is 5.75 Å². The molecule has 166 valence electrons. The van der Waals surface area contributed by atoms with Crippen LogP contribution in [0, 0.1) is 5.92 Å². The van der Waals surface area contributed by atoms with Crippen molar-refractivity contribution in [2.45, 2.75) is 26.5 Å². The second-order valence-corrected chi connectivity index (χ2v) is 8.00. The number of ether oxygens (including phenoxy) is 2. The van der Waals surface area contributed by atoms with E-state index in [1.54, 1.807) is 14.2 Å². The molecule has 1 aliphatic rings. The summed E-state index contributed by atoms with van der Waals surface area (Å²) in [5, 5.41) is 9.19. The van der Waals surface area contributed by atoms with Crippen LogP contribution in [0.3, 0.4) is 0 Å². The number of guanidine groups is 1. The number of aliphatic imine (C=N–C) groups is 1. The molecule has 1 atom stereocenters. The quantitative estimate of drug-likeness (QED) is 0.329. The molecule has 3 rings (SSSR count). The van der Waals surface area contributed by atoms with Gasteiger partial charge in [0.25, 0.3) is 0 Å². The molecule has 1 saturated heterocycles. The highest BCUT2D eigenvalue weighted by molar-refractivity contribution is 14.0. The summed E-state index contributed by atoms with van der Waals surface area (Å²) < 4.78 is 11.2. The molecule has 2 aromatic rings. The van der Waals surface area contributed by atoms with Gasteiger partial charge in [-0.2, -0.15) is 0 Å². The van der Waals surface area contributed by atoms with E-state index in [1.165, 1.54) is 16.3 Å². The molecule has 0 aliphatic carbocycles. The zero-order valence-corrected chi connectivity index (χ0v) is 20.8. The summed E-state index contributed by atoms with van der Waals surface area (Å²) in [5.41, 5.74) is 1.21. The number of morpholine rings is 1. The van der Waals surface area contributed by atoms with Crippen LogP contribution in [-0.2, 0) is 11.3 Å². The number of fused-ring (bicyclic) bond motifs is 1. The molecule has 0 saturated carbocycles. The summed E-state index contributed by atoms with van der Waals surface area (Å²) in [7, 11) is 3.49. The van der Waals surface area contributed by atoms with E-state index in [0.29, 0.717) is 12.5 Å². The SMILES string of the molecule is CN=C(NCc1ccc2cc(OC)ccc2c1)NCC1CN(CC(C)C)CCO1.I. The number of hydrogen-bond acceptors (Lipinski definition) is 4. The maximum atomic E-state index is 5.92. The van der Waals surface area contributed by atoms with Crippen LogP contribution in [0.5, 0.6) is 5.75 Å². The summed E-state index contributed by atoms with van der Waals surface area (Å²) in [6, 6.07) is 12.6. The van der Waals surface area contributed by atoms with Crippen LogP contribution >= 0.6 is 24.0 Å². The Morgan fingerprint density at radius 3 is 2.70 bits per heavy atom. The molecule has 0 spiro atoms. The third kappa shape index (κ3) is 7.28. The molecular weight excluding hydrogens is 491 g/mol. The highest BCUT2D eigenvalue weighted by Crippen LogP contribution is 2.21. The third-order valence-corrected chi connectivity index (χ3v) is 5.14. The highest BCUT2D eigenvalue weighted by atomic mass is 127. The Bertz CT molecular complexity index is 828. The number of halogens is 1. The Morgan fingerprint density at radius 2 is 1.97 bits per heavy atom. The lowest BCUT2D eigenvalue weighted by atomic mass is 10.1. The maximum absolute atomic E-state index is 5.92. The molecule has 0 aromatic heterocycles. The minimum absolute atomic E-state index is 0. The molecule has 1 heterocycles. The van der Waals surface area contributed by atoms with Gasteiger partial charge in [-0.05, 0) is 40.5 Å². The summed E-state index contributed by atoms with van der Waals surface area (Å²) in [4.78, 5) is 6.84. The highest BCUT2D eigenvalue weighted by Gasteiger charge is 2.21. The van der Waals surface area contributed by atoms with Gasteiger partial charge in [-0.25, -0.2) is 0 Å². The van der Waals surface area contributed by atoms with Crippen LogP contribution in [-0.4, -0.2) is 63.9 Å². The van der Waals surface area contributed by atoms with E-state index in [-0.39, 0.29) is 30.1 Å². The van der Waals surface area contributed by atoms with Gasteiger partial charge in [0.15, 0.2) is 5.96 Å². The van der Waals surface area contributed by atoms with Gasteiger partial charge in [-0.15, -0.1) is 24.0 Å². The first-order valence-corrected chi connectivity index (χ1v) is 10.4. The minimum atomic E-state index is 0. The Labute approximate surface area is 197 Å². The molecule has 1 fully saturated rings. The maximum Gasteiger partial charge on any atom is 0.191 e. The molecule has 0 bridgehead atoms. The molecule has 6 nitrogen and oxygen atoms in total. The number of nitrogens with zero attached hydrogens (tertiary/aromatic N) is 2. The summed E-state index contributed by atoms with van der Waals surface area (Å²) in [6.45, 7) is 9.91. The first-order valence-electron chi connectivity index (χ1n) is 10.4. The second-order valence-electron chi connectivity index (χ2n) is 8.00. The van der Waals surface area contributed by atoms with E-state index in [1.807, 2.05) is 6.07 Å². The predicted octanol–water partition coefficient (Wildman–Crippen LogP) is 3.49. The zero-order valence-electron chi connectivity index (χ0n) is 18.5. The Morgan fingerprint density at radius 1 is 1.20 bits per heavy atom. The Hall–Kier alpha value is -1.58. The Kier molecular flexibility index (Phi) is 10.1. The molecule has 2 N–H and O–H groups in total. The second kappa shape index (κ2) is 12.3. The van der Waals surface area contributed by atoms with E-state index in [9.17, 15) is 0 Å². The van der Waals surface area contributed by atoms with Crippen molar-refractivity contribution in [3.05, 3.63) is 42.0 Å². The van der Waals surface area contributed by atoms with Crippen LogP contribution in [0.15, 0.2) is 41.4 Å². The van der Waals surface area contributed by atoms with Gasteiger partial charge in [0.1, 0.15) is 5.75 Å². The fourth-order valence-corrected chi connectivity index (χ4v) is 3.71. The van der Waals surface area contributed by atoms with Crippen molar-refractivity contribution in [2.75, 3.05) is 46.9 Å². The molecule has 1 aliphatic heterocycles. The van der Waals surface area contributed by atoms with Gasteiger partial charge in [0.05, 0.1) is 19.8 Å².